The van der Waals surface area contributed by atoms with Crippen LogP contribution in [0, 0.1) is 0 Å². The summed E-state index contributed by atoms with van der Waals surface area (Å²) in [4.78, 5) is 21.2. The lowest BCUT2D eigenvalue weighted by Crippen LogP contribution is -2.01. The van der Waals surface area contributed by atoms with Gasteiger partial charge in [-0.2, -0.15) is 0 Å². The number of nitrogens with zero attached hydrogens (tertiary/aromatic N) is 2. The SMILES string of the molecule is C.CC.COC(=O)c1cccc2oc(-c3cccc4oc(-c5ccccc5)nc34)nc12. The maximum Gasteiger partial charge on any atom is 0.340 e. The van der Waals surface area contributed by atoms with Gasteiger partial charge in [0.15, 0.2) is 11.2 Å². The van der Waals surface area contributed by atoms with Gasteiger partial charge in [0.05, 0.1) is 18.2 Å². The van der Waals surface area contributed by atoms with Crippen LogP contribution in [-0.2, 0) is 4.74 Å². The van der Waals surface area contributed by atoms with Gasteiger partial charge in [0, 0.05) is 5.56 Å². The first-order valence-corrected chi connectivity index (χ1v) is 9.68. The molecule has 0 amide bonds. The van der Waals surface area contributed by atoms with E-state index < -0.39 is 5.97 Å². The molecule has 0 saturated heterocycles. The number of methoxy groups -OCH3 is 1. The average molecular weight is 416 g/mol. The minimum Gasteiger partial charge on any atom is -0.465 e. The predicted molar refractivity (Wildman–Crippen MR) is 122 cm³/mol. The van der Waals surface area contributed by atoms with E-state index in [1.165, 1.54) is 7.11 Å². The first kappa shape index (κ1) is 21.8. The lowest BCUT2D eigenvalue weighted by atomic mass is 10.2. The number of benzene rings is 3. The molecule has 6 heteroatoms. The number of carbonyl (C=O) groups excluding carboxylic acids is 1. The van der Waals surface area contributed by atoms with Crippen LogP contribution in [0.5, 0.6) is 0 Å². The van der Waals surface area contributed by atoms with Gasteiger partial charge < -0.3 is 13.6 Å². The lowest BCUT2D eigenvalue weighted by molar-refractivity contribution is 0.0602. The molecule has 2 aromatic heterocycles. The smallest absolute Gasteiger partial charge is 0.340 e. The minimum absolute atomic E-state index is 0. The summed E-state index contributed by atoms with van der Waals surface area (Å²) in [7, 11) is 1.34. The fourth-order valence-electron chi connectivity index (χ4n) is 3.16. The summed E-state index contributed by atoms with van der Waals surface area (Å²) in [6, 6.07) is 20.4. The van der Waals surface area contributed by atoms with Crippen LogP contribution >= 0.6 is 0 Å². The summed E-state index contributed by atoms with van der Waals surface area (Å²) in [6.07, 6.45) is 0. The van der Waals surface area contributed by atoms with Crippen LogP contribution in [0.3, 0.4) is 0 Å². The zero-order chi connectivity index (χ0) is 21.1. The number of carbonyl (C=O) groups is 1. The quantitative estimate of drug-likeness (QED) is 0.303. The predicted octanol–water partition coefficient (Wildman–Crippen LogP) is 6.75. The van der Waals surface area contributed by atoms with Gasteiger partial charge >= 0.3 is 5.97 Å². The number of hydrogen-bond acceptors (Lipinski definition) is 6. The highest BCUT2D eigenvalue weighted by Gasteiger charge is 2.19. The van der Waals surface area contributed by atoms with Crippen molar-refractivity contribution in [1.29, 1.82) is 0 Å². The second-order valence-electron chi connectivity index (χ2n) is 6.20. The Morgan fingerprint density at radius 1 is 0.774 bits per heavy atom. The summed E-state index contributed by atoms with van der Waals surface area (Å²) in [5.41, 5.74) is 4.16. The highest BCUT2D eigenvalue weighted by atomic mass is 16.5. The number of para-hydroxylation sites is 2. The number of hydrogen-bond donors (Lipinski definition) is 0. The molecule has 0 bridgehead atoms. The van der Waals surface area contributed by atoms with Crippen molar-refractivity contribution in [2.75, 3.05) is 7.11 Å². The van der Waals surface area contributed by atoms with Crippen LogP contribution in [0.25, 0.3) is 45.1 Å². The van der Waals surface area contributed by atoms with E-state index in [4.69, 9.17) is 13.6 Å². The Morgan fingerprint density at radius 2 is 1.39 bits per heavy atom. The van der Waals surface area contributed by atoms with Crippen LogP contribution in [0.2, 0.25) is 0 Å². The van der Waals surface area contributed by atoms with Crippen molar-refractivity contribution in [3.05, 3.63) is 72.3 Å². The standard InChI is InChI=1S/C22H14N2O4.C2H6.CH4/c1-26-22(25)15-10-6-12-17-19(15)24-21(28-17)14-9-5-11-16-18(14)23-20(27-16)13-7-3-2-4-8-13;1-2;/h2-12H,1H3;1-2H3;1H4. The van der Waals surface area contributed by atoms with E-state index in [2.05, 4.69) is 9.97 Å². The maximum atomic E-state index is 12.0. The van der Waals surface area contributed by atoms with Gasteiger partial charge in [0.25, 0.3) is 0 Å². The molecular formula is C25H24N2O4. The lowest BCUT2D eigenvalue weighted by Gasteiger charge is -1.97. The van der Waals surface area contributed by atoms with Gasteiger partial charge in [-0.3, -0.25) is 0 Å². The summed E-state index contributed by atoms with van der Waals surface area (Å²) in [6.45, 7) is 4.00. The Morgan fingerprint density at radius 3 is 2.10 bits per heavy atom. The monoisotopic (exact) mass is 416 g/mol. The summed E-state index contributed by atoms with van der Waals surface area (Å²) >= 11 is 0. The van der Waals surface area contributed by atoms with E-state index in [9.17, 15) is 4.79 Å². The van der Waals surface area contributed by atoms with E-state index >= 15 is 0 Å². The molecule has 0 atom stereocenters. The number of aromatic nitrogens is 2. The Kier molecular flexibility index (Phi) is 6.50. The van der Waals surface area contributed by atoms with Crippen molar-refractivity contribution in [3.63, 3.8) is 0 Å². The second kappa shape index (κ2) is 9.26. The van der Waals surface area contributed by atoms with Crippen LogP contribution in [0.15, 0.2) is 75.6 Å². The number of esters is 1. The van der Waals surface area contributed by atoms with Gasteiger partial charge in [-0.1, -0.05) is 51.6 Å². The summed E-state index contributed by atoms with van der Waals surface area (Å²) in [5, 5.41) is 0. The fourth-order valence-corrected chi connectivity index (χ4v) is 3.16. The van der Waals surface area contributed by atoms with E-state index in [-0.39, 0.29) is 7.43 Å². The van der Waals surface area contributed by atoms with Gasteiger partial charge in [-0.15, -0.1) is 0 Å². The Balaban J connectivity index is 0.000000883. The van der Waals surface area contributed by atoms with Crippen LogP contribution in [0.4, 0.5) is 0 Å². The molecular weight excluding hydrogens is 392 g/mol. The van der Waals surface area contributed by atoms with Crippen molar-refractivity contribution < 1.29 is 18.4 Å². The number of rotatable bonds is 3. The van der Waals surface area contributed by atoms with Gasteiger partial charge in [-0.05, 0) is 36.4 Å². The third-order valence-corrected chi connectivity index (χ3v) is 4.49. The van der Waals surface area contributed by atoms with E-state index in [1.807, 2.05) is 62.4 Å². The summed E-state index contributed by atoms with van der Waals surface area (Å²) < 4.78 is 16.7. The van der Waals surface area contributed by atoms with E-state index in [0.29, 0.717) is 45.1 Å². The van der Waals surface area contributed by atoms with E-state index in [0.717, 1.165) is 5.56 Å². The molecule has 6 nitrogen and oxygen atoms in total. The molecule has 3 aromatic carbocycles. The molecule has 0 unspecified atom stereocenters. The number of fused-ring (bicyclic) bond motifs is 2. The van der Waals surface area contributed by atoms with Gasteiger partial charge in [0.2, 0.25) is 11.8 Å². The number of ether oxygens (including phenoxy) is 1. The third-order valence-electron chi connectivity index (χ3n) is 4.49. The van der Waals surface area contributed by atoms with Crippen LogP contribution < -0.4 is 0 Å². The van der Waals surface area contributed by atoms with E-state index in [1.54, 1.807) is 18.2 Å². The largest absolute Gasteiger partial charge is 0.465 e. The molecule has 2 heterocycles. The zero-order valence-corrected chi connectivity index (χ0v) is 16.9. The molecule has 0 radical (unpaired) electrons. The second-order valence-corrected chi connectivity index (χ2v) is 6.20. The Bertz CT molecular complexity index is 1320. The van der Waals surface area contributed by atoms with Gasteiger partial charge in [0.1, 0.15) is 11.0 Å². The molecule has 0 aliphatic heterocycles. The molecule has 0 aliphatic rings. The topological polar surface area (TPSA) is 78.4 Å². The van der Waals surface area contributed by atoms with Crippen molar-refractivity contribution in [2.24, 2.45) is 0 Å². The molecule has 0 aliphatic carbocycles. The first-order valence-electron chi connectivity index (χ1n) is 9.68. The average Bonchev–Trinajstić information content (AvgIpc) is 3.44. The molecule has 158 valence electrons. The molecule has 0 fully saturated rings. The Labute approximate surface area is 180 Å². The van der Waals surface area contributed by atoms with Crippen molar-refractivity contribution in [3.8, 4) is 22.9 Å². The fraction of sp³-hybridized carbons (Fsp3) is 0.160. The first-order chi connectivity index (χ1) is 14.7. The van der Waals surface area contributed by atoms with Crippen molar-refractivity contribution in [1.82, 2.24) is 9.97 Å². The highest BCUT2D eigenvalue weighted by Crippen LogP contribution is 2.33. The normalized spacial score (nSPS) is 10.3. The molecule has 31 heavy (non-hydrogen) atoms. The van der Waals surface area contributed by atoms with Crippen molar-refractivity contribution in [2.45, 2.75) is 21.3 Å². The zero-order valence-electron chi connectivity index (χ0n) is 16.9. The van der Waals surface area contributed by atoms with Crippen molar-refractivity contribution >= 4 is 28.2 Å². The minimum atomic E-state index is -0.462. The summed E-state index contributed by atoms with van der Waals surface area (Å²) in [5.74, 6) is 0.427. The van der Waals surface area contributed by atoms with Crippen LogP contribution in [0.1, 0.15) is 31.6 Å². The number of oxazole rings is 2. The maximum absolute atomic E-state index is 12.0. The molecule has 5 aromatic rings. The highest BCUT2D eigenvalue weighted by molar-refractivity contribution is 6.02. The van der Waals surface area contributed by atoms with Crippen LogP contribution in [-0.4, -0.2) is 23.0 Å². The molecule has 0 spiro atoms. The molecule has 0 N–H and O–H groups in total. The molecule has 5 rings (SSSR count). The third kappa shape index (κ3) is 3.92. The molecule has 0 saturated carbocycles. The Hall–Kier alpha value is -3.93. The van der Waals surface area contributed by atoms with Gasteiger partial charge in [-0.25, -0.2) is 14.8 Å².